The van der Waals surface area contributed by atoms with Crippen molar-refractivity contribution in [1.29, 1.82) is 0 Å². The standard InChI is InChI=1S/C15H17F3N6O3/c1-8(12(19)25)27-13(26)9-4-6-23(7-5-9)11-3-2-10-20-21-14(15(16,17)18)24(10)22-11/h2-3,8-9H,4-7H2,1H3,(H2,19,25). The van der Waals surface area contributed by atoms with Gasteiger partial charge in [0.05, 0.1) is 5.92 Å². The van der Waals surface area contributed by atoms with Crippen LogP contribution in [0, 0.1) is 5.92 Å². The zero-order valence-electron chi connectivity index (χ0n) is 14.3. The molecule has 12 heteroatoms. The van der Waals surface area contributed by atoms with Gasteiger partial charge in [0.1, 0.15) is 5.82 Å². The molecular formula is C15H17F3N6O3. The quantitative estimate of drug-likeness (QED) is 0.772. The molecule has 9 nitrogen and oxygen atoms in total. The van der Waals surface area contributed by atoms with Gasteiger partial charge < -0.3 is 15.4 Å². The number of piperidine rings is 1. The molecular weight excluding hydrogens is 369 g/mol. The molecule has 1 aliphatic rings. The van der Waals surface area contributed by atoms with Gasteiger partial charge in [-0.2, -0.15) is 17.7 Å². The number of amides is 1. The minimum atomic E-state index is -4.67. The predicted molar refractivity (Wildman–Crippen MR) is 85.5 cm³/mol. The number of anilines is 1. The second kappa shape index (κ2) is 7.00. The van der Waals surface area contributed by atoms with Crippen LogP contribution in [-0.4, -0.2) is 50.9 Å². The van der Waals surface area contributed by atoms with Gasteiger partial charge in [0, 0.05) is 13.1 Å². The second-order valence-electron chi connectivity index (χ2n) is 6.23. The second-order valence-corrected chi connectivity index (χ2v) is 6.23. The molecule has 1 fully saturated rings. The molecule has 1 unspecified atom stereocenters. The highest BCUT2D eigenvalue weighted by atomic mass is 19.4. The summed E-state index contributed by atoms with van der Waals surface area (Å²) in [7, 11) is 0. The zero-order valence-corrected chi connectivity index (χ0v) is 14.3. The first-order valence-corrected chi connectivity index (χ1v) is 8.21. The average Bonchev–Trinajstić information content (AvgIpc) is 3.05. The van der Waals surface area contributed by atoms with Crippen LogP contribution in [0.4, 0.5) is 19.0 Å². The number of ether oxygens (including phenoxy) is 1. The van der Waals surface area contributed by atoms with Crippen molar-refractivity contribution in [3.8, 4) is 0 Å². The minimum Gasteiger partial charge on any atom is -0.452 e. The number of halogens is 3. The Morgan fingerprint density at radius 3 is 2.52 bits per heavy atom. The number of alkyl halides is 3. The fraction of sp³-hybridized carbons (Fsp3) is 0.533. The SMILES string of the molecule is CC(OC(=O)C1CCN(c2ccc3nnc(C(F)(F)F)n3n2)CC1)C(N)=O. The summed E-state index contributed by atoms with van der Waals surface area (Å²) in [6.45, 7) is 2.19. The lowest BCUT2D eigenvalue weighted by molar-refractivity contribution is -0.158. The van der Waals surface area contributed by atoms with Gasteiger partial charge in [-0.15, -0.1) is 15.3 Å². The lowest BCUT2D eigenvalue weighted by atomic mass is 9.97. The van der Waals surface area contributed by atoms with Gasteiger partial charge in [-0.3, -0.25) is 9.59 Å². The summed E-state index contributed by atoms with van der Waals surface area (Å²) < 4.78 is 44.6. The summed E-state index contributed by atoms with van der Waals surface area (Å²) in [5.74, 6) is -2.52. The molecule has 0 aromatic carbocycles. The number of fused-ring (bicyclic) bond motifs is 1. The van der Waals surface area contributed by atoms with Crippen LogP contribution in [-0.2, 0) is 20.5 Å². The molecule has 1 aliphatic heterocycles. The molecule has 0 radical (unpaired) electrons. The van der Waals surface area contributed by atoms with Crippen molar-refractivity contribution in [3.63, 3.8) is 0 Å². The Morgan fingerprint density at radius 1 is 1.26 bits per heavy atom. The normalized spacial score (nSPS) is 17.1. The van der Waals surface area contributed by atoms with Gasteiger partial charge >= 0.3 is 12.1 Å². The molecule has 2 aromatic rings. The monoisotopic (exact) mass is 386 g/mol. The van der Waals surface area contributed by atoms with Crippen LogP contribution >= 0.6 is 0 Å². The topological polar surface area (TPSA) is 116 Å². The smallest absolute Gasteiger partial charge is 0.452 e. The number of hydrogen-bond acceptors (Lipinski definition) is 7. The molecule has 0 aliphatic carbocycles. The van der Waals surface area contributed by atoms with Crippen molar-refractivity contribution in [2.75, 3.05) is 18.0 Å². The van der Waals surface area contributed by atoms with E-state index in [1.165, 1.54) is 13.0 Å². The molecule has 0 saturated carbocycles. The van der Waals surface area contributed by atoms with Gasteiger partial charge in [-0.25, -0.2) is 0 Å². The number of carbonyl (C=O) groups excluding carboxylic acids is 2. The Labute approximate surface area is 151 Å². The number of rotatable bonds is 4. The third kappa shape index (κ3) is 3.93. The number of hydrogen-bond donors (Lipinski definition) is 1. The Bertz CT molecular complexity index is 860. The average molecular weight is 386 g/mol. The molecule has 3 rings (SSSR count). The zero-order chi connectivity index (χ0) is 19.8. The predicted octanol–water partition coefficient (Wildman–Crippen LogP) is 0.776. The van der Waals surface area contributed by atoms with E-state index in [0.717, 1.165) is 0 Å². The first kappa shape index (κ1) is 18.9. The Hall–Kier alpha value is -2.92. The summed E-state index contributed by atoms with van der Waals surface area (Å²) in [6.07, 6.45) is -4.84. The number of primary amides is 1. The van der Waals surface area contributed by atoms with Crippen molar-refractivity contribution in [2.24, 2.45) is 11.7 Å². The van der Waals surface area contributed by atoms with Gasteiger partial charge in [0.15, 0.2) is 11.8 Å². The van der Waals surface area contributed by atoms with Crippen molar-refractivity contribution < 1.29 is 27.5 Å². The minimum absolute atomic E-state index is 0.00928. The van der Waals surface area contributed by atoms with Gasteiger partial charge in [-0.1, -0.05) is 0 Å². The summed E-state index contributed by atoms with van der Waals surface area (Å²) >= 11 is 0. The van der Waals surface area contributed by atoms with Crippen LogP contribution in [0.1, 0.15) is 25.6 Å². The van der Waals surface area contributed by atoms with Crippen molar-refractivity contribution >= 4 is 23.3 Å². The van der Waals surface area contributed by atoms with E-state index in [1.807, 2.05) is 0 Å². The third-order valence-electron chi connectivity index (χ3n) is 4.35. The van der Waals surface area contributed by atoms with E-state index >= 15 is 0 Å². The molecule has 27 heavy (non-hydrogen) atoms. The molecule has 2 aromatic heterocycles. The van der Waals surface area contributed by atoms with Crippen LogP contribution in [0.5, 0.6) is 0 Å². The third-order valence-corrected chi connectivity index (χ3v) is 4.35. The number of nitrogens with two attached hydrogens (primary N) is 1. The van der Waals surface area contributed by atoms with E-state index in [-0.39, 0.29) is 5.65 Å². The largest absolute Gasteiger partial charge is 0.453 e. The highest BCUT2D eigenvalue weighted by Gasteiger charge is 2.38. The number of aromatic nitrogens is 4. The van der Waals surface area contributed by atoms with Gasteiger partial charge in [0.25, 0.3) is 11.7 Å². The van der Waals surface area contributed by atoms with Crippen molar-refractivity contribution in [3.05, 3.63) is 18.0 Å². The van der Waals surface area contributed by atoms with Gasteiger partial charge in [-0.05, 0) is 31.9 Å². The lowest BCUT2D eigenvalue weighted by Gasteiger charge is -2.31. The van der Waals surface area contributed by atoms with E-state index in [2.05, 4.69) is 15.3 Å². The molecule has 1 saturated heterocycles. The van der Waals surface area contributed by atoms with Crippen LogP contribution < -0.4 is 10.6 Å². The van der Waals surface area contributed by atoms with E-state index < -0.39 is 35.9 Å². The van der Waals surface area contributed by atoms with Crippen LogP contribution in [0.3, 0.4) is 0 Å². The molecule has 146 valence electrons. The first-order valence-electron chi connectivity index (χ1n) is 8.21. The summed E-state index contributed by atoms with van der Waals surface area (Å²) in [4.78, 5) is 24.8. The molecule has 2 N–H and O–H groups in total. The summed E-state index contributed by atoms with van der Waals surface area (Å²) in [5, 5.41) is 10.6. The Kier molecular flexibility index (Phi) is 4.89. The molecule has 0 spiro atoms. The maximum Gasteiger partial charge on any atom is 0.453 e. The number of esters is 1. The van der Waals surface area contributed by atoms with Crippen LogP contribution in [0.15, 0.2) is 12.1 Å². The fourth-order valence-corrected chi connectivity index (χ4v) is 2.80. The van der Waals surface area contributed by atoms with Gasteiger partial charge in [0.2, 0.25) is 0 Å². The highest BCUT2D eigenvalue weighted by molar-refractivity contribution is 5.82. The Morgan fingerprint density at radius 2 is 1.93 bits per heavy atom. The van der Waals surface area contributed by atoms with Crippen LogP contribution in [0.2, 0.25) is 0 Å². The molecule has 1 amide bonds. The first-order chi connectivity index (χ1) is 12.7. The molecule has 1 atom stereocenters. The van der Waals surface area contributed by atoms with Crippen molar-refractivity contribution in [1.82, 2.24) is 19.8 Å². The lowest BCUT2D eigenvalue weighted by Crippen LogP contribution is -2.39. The maximum atomic E-state index is 13.0. The van der Waals surface area contributed by atoms with E-state index in [1.54, 1.807) is 11.0 Å². The van der Waals surface area contributed by atoms with Crippen LogP contribution in [0.25, 0.3) is 5.65 Å². The summed E-state index contributed by atoms with van der Waals surface area (Å²) in [5.41, 5.74) is 5.06. The molecule has 0 bridgehead atoms. The fourth-order valence-electron chi connectivity index (χ4n) is 2.80. The summed E-state index contributed by atoms with van der Waals surface area (Å²) in [6, 6.07) is 2.96. The van der Waals surface area contributed by atoms with E-state index in [4.69, 9.17) is 10.5 Å². The van der Waals surface area contributed by atoms with E-state index in [0.29, 0.717) is 36.3 Å². The maximum absolute atomic E-state index is 13.0. The van der Waals surface area contributed by atoms with Crippen molar-refractivity contribution in [2.45, 2.75) is 32.0 Å². The van der Waals surface area contributed by atoms with E-state index in [9.17, 15) is 22.8 Å². The number of carbonyl (C=O) groups is 2. The highest BCUT2D eigenvalue weighted by Crippen LogP contribution is 2.28. The number of nitrogens with zero attached hydrogens (tertiary/aromatic N) is 5. The molecule has 3 heterocycles. The Balaban J connectivity index is 1.69.